The lowest BCUT2D eigenvalue weighted by atomic mass is 10.1. The molecular weight excluding hydrogens is 487 g/mol. The highest BCUT2D eigenvalue weighted by molar-refractivity contribution is 5.94. The van der Waals surface area contributed by atoms with E-state index in [0.29, 0.717) is 30.2 Å². The molecule has 3 heterocycles. The van der Waals surface area contributed by atoms with E-state index < -0.39 is 0 Å². The summed E-state index contributed by atoms with van der Waals surface area (Å²) in [5.74, 6) is 1.84. The number of amides is 1. The van der Waals surface area contributed by atoms with Gasteiger partial charge in [0.25, 0.3) is 5.91 Å². The Balaban J connectivity index is 1.20. The van der Waals surface area contributed by atoms with Crippen molar-refractivity contribution in [1.82, 2.24) is 19.6 Å². The van der Waals surface area contributed by atoms with Gasteiger partial charge in [-0.1, -0.05) is 6.07 Å². The molecule has 8 nitrogen and oxygen atoms in total. The third-order valence-electron chi connectivity index (χ3n) is 6.89. The molecule has 2 aliphatic rings. The Morgan fingerprint density at radius 3 is 2.39 bits per heavy atom. The van der Waals surface area contributed by atoms with Crippen LogP contribution in [0.3, 0.4) is 0 Å². The number of ether oxygens (including phenoxy) is 3. The van der Waals surface area contributed by atoms with Crippen LogP contribution in [0.5, 0.6) is 17.2 Å². The maximum atomic E-state index is 13.7. The summed E-state index contributed by atoms with van der Waals surface area (Å²) in [5, 5.41) is 4.72. The second-order valence-corrected chi connectivity index (χ2v) is 9.29. The largest absolute Gasteiger partial charge is 0.497 e. The molecule has 0 unspecified atom stereocenters. The lowest BCUT2D eigenvalue weighted by Gasteiger charge is -2.34. The van der Waals surface area contributed by atoms with E-state index in [0.717, 1.165) is 48.0 Å². The van der Waals surface area contributed by atoms with Gasteiger partial charge in [0.15, 0.2) is 11.5 Å². The summed E-state index contributed by atoms with van der Waals surface area (Å²) in [6, 6.07) is 21.3. The van der Waals surface area contributed by atoms with Crippen molar-refractivity contribution in [1.29, 1.82) is 0 Å². The zero-order chi connectivity index (χ0) is 26.1. The number of hydrogen-bond donors (Lipinski definition) is 0. The van der Waals surface area contributed by atoms with Crippen LogP contribution >= 0.6 is 0 Å². The van der Waals surface area contributed by atoms with Gasteiger partial charge in [-0.15, -0.1) is 0 Å². The fourth-order valence-electron chi connectivity index (χ4n) is 4.78. The number of aromatic nitrogens is 2. The predicted molar refractivity (Wildman–Crippen MR) is 139 cm³/mol. The minimum Gasteiger partial charge on any atom is -0.497 e. The first-order chi connectivity index (χ1) is 18.6. The molecule has 4 aromatic rings. The number of carbonyl (C=O) groups is 1. The maximum Gasteiger partial charge on any atom is 0.272 e. The molecule has 3 aromatic carbocycles. The molecule has 1 amide bonds. The van der Waals surface area contributed by atoms with Gasteiger partial charge in [0.2, 0.25) is 6.79 Å². The van der Waals surface area contributed by atoms with Crippen LogP contribution in [0, 0.1) is 5.82 Å². The Kier molecular flexibility index (Phi) is 6.43. The highest BCUT2D eigenvalue weighted by Crippen LogP contribution is 2.33. The third kappa shape index (κ3) is 4.80. The summed E-state index contributed by atoms with van der Waals surface area (Å²) in [7, 11) is 1.61. The molecule has 1 saturated heterocycles. The van der Waals surface area contributed by atoms with E-state index in [1.807, 2.05) is 47.4 Å². The SMILES string of the molecule is COc1ccc(-c2cc(C(=O)N3CCN(Cc4ccc5c(c4)OCO5)CC3)n(-c3ccc(F)cc3)n2)cc1. The molecule has 1 aromatic heterocycles. The first-order valence-electron chi connectivity index (χ1n) is 12.5. The normalized spacial score (nSPS) is 15.1. The van der Waals surface area contributed by atoms with Crippen molar-refractivity contribution < 1.29 is 23.4 Å². The molecule has 194 valence electrons. The van der Waals surface area contributed by atoms with E-state index >= 15 is 0 Å². The number of benzene rings is 3. The van der Waals surface area contributed by atoms with Gasteiger partial charge in [-0.25, -0.2) is 9.07 Å². The van der Waals surface area contributed by atoms with Crippen LogP contribution in [0.15, 0.2) is 72.8 Å². The second kappa shape index (κ2) is 10.2. The molecule has 38 heavy (non-hydrogen) atoms. The zero-order valence-electron chi connectivity index (χ0n) is 21.0. The van der Waals surface area contributed by atoms with Crippen molar-refractivity contribution >= 4 is 5.91 Å². The molecule has 0 bridgehead atoms. The fourth-order valence-corrected chi connectivity index (χ4v) is 4.78. The summed E-state index contributed by atoms with van der Waals surface area (Å²) < 4.78 is 31.4. The Morgan fingerprint density at radius 1 is 0.921 bits per heavy atom. The van der Waals surface area contributed by atoms with Crippen LogP contribution in [0.25, 0.3) is 16.9 Å². The average Bonchev–Trinajstić information content (AvgIpc) is 3.61. The minimum atomic E-state index is -0.345. The molecule has 2 aliphatic heterocycles. The number of carbonyl (C=O) groups excluding carboxylic acids is 1. The topological polar surface area (TPSA) is 69.1 Å². The van der Waals surface area contributed by atoms with E-state index in [1.165, 1.54) is 12.1 Å². The number of rotatable bonds is 6. The van der Waals surface area contributed by atoms with E-state index in [1.54, 1.807) is 30.0 Å². The number of hydrogen-bond acceptors (Lipinski definition) is 6. The number of methoxy groups -OCH3 is 1. The Labute approximate surface area is 219 Å². The quantitative estimate of drug-likeness (QED) is 0.381. The molecule has 0 radical (unpaired) electrons. The van der Waals surface area contributed by atoms with Crippen molar-refractivity contribution in [3.05, 3.63) is 89.9 Å². The molecule has 1 fully saturated rings. The number of fused-ring (bicyclic) bond motifs is 1. The smallest absolute Gasteiger partial charge is 0.272 e. The number of halogens is 1. The van der Waals surface area contributed by atoms with Gasteiger partial charge in [-0.05, 0) is 72.3 Å². The van der Waals surface area contributed by atoms with Crippen LogP contribution in [0.2, 0.25) is 0 Å². The first kappa shape index (κ1) is 24.0. The minimum absolute atomic E-state index is 0.107. The van der Waals surface area contributed by atoms with E-state index in [4.69, 9.17) is 19.3 Å². The number of nitrogens with zero attached hydrogens (tertiary/aromatic N) is 4. The summed E-state index contributed by atoms with van der Waals surface area (Å²) in [6.07, 6.45) is 0. The Hall–Kier alpha value is -4.37. The van der Waals surface area contributed by atoms with E-state index in [9.17, 15) is 9.18 Å². The van der Waals surface area contributed by atoms with Gasteiger partial charge in [0, 0.05) is 38.3 Å². The zero-order valence-corrected chi connectivity index (χ0v) is 21.0. The fraction of sp³-hybridized carbons (Fsp3) is 0.241. The molecule has 0 aliphatic carbocycles. The number of piperazine rings is 1. The lowest BCUT2D eigenvalue weighted by molar-refractivity contribution is 0.0619. The standard InChI is InChI=1S/C29H27FN4O4/c1-36-24-9-3-21(4-10-24)25-17-26(34(31-25)23-7-5-22(30)6-8-23)29(35)33-14-12-32(13-15-33)18-20-2-11-27-28(16-20)38-19-37-27/h2-11,16-17H,12-15,18-19H2,1H3. The van der Waals surface area contributed by atoms with Crippen molar-refractivity contribution in [3.8, 4) is 34.2 Å². The first-order valence-corrected chi connectivity index (χ1v) is 12.5. The highest BCUT2D eigenvalue weighted by Gasteiger charge is 2.27. The van der Waals surface area contributed by atoms with Crippen LogP contribution in [-0.4, -0.2) is 65.6 Å². The van der Waals surface area contributed by atoms with Gasteiger partial charge in [0.05, 0.1) is 18.5 Å². The van der Waals surface area contributed by atoms with Gasteiger partial charge in [0.1, 0.15) is 17.3 Å². The molecule has 6 rings (SSSR count). The van der Waals surface area contributed by atoms with Crippen LogP contribution < -0.4 is 14.2 Å². The molecule has 0 atom stereocenters. The summed E-state index contributed by atoms with van der Waals surface area (Å²) in [5.41, 5.74) is 3.71. The van der Waals surface area contributed by atoms with E-state index in [2.05, 4.69) is 4.90 Å². The molecule has 9 heteroatoms. The van der Waals surface area contributed by atoms with Crippen molar-refractivity contribution in [2.45, 2.75) is 6.54 Å². The van der Waals surface area contributed by atoms with Gasteiger partial charge >= 0.3 is 0 Å². The highest BCUT2D eigenvalue weighted by atomic mass is 19.1. The molecule has 0 spiro atoms. The van der Waals surface area contributed by atoms with Crippen molar-refractivity contribution in [2.24, 2.45) is 0 Å². The molecule has 0 saturated carbocycles. The summed E-state index contributed by atoms with van der Waals surface area (Å²) in [4.78, 5) is 17.9. The molecule has 0 N–H and O–H groups in total. The monoisotopic (exact) mass is 514 g/mol. The van der Waals surface area contributed by atoms with Crippen LogP contribution in [-0.2, 0) is 6.54 Å². The molecular formula is C29H27FN4O4. The van der Waals surface area contributed by atoms with Gasteiger partial charge < -0.3 is 19.1 Å². The predicted octanol–water partition coefficient (Wildman–Crippen LogP) is 4.37. The third-order valence-corrected chi connectivity index (χ3v) is 6.89. The average molecular weight is 515 g/mol. The van der Waals surface area contributed by atoms with Crippen LogP contribution in [0.1, 0.15) is 16.1 Å². The van der Waals surface area contributed by atoms with E-state index in [-0.39, 0.29) is 18.5 Å². The Bertz CT molecular complexity index is 1440. The summed E-state index contributed by atoms with van der Waals surface area (Å²) >= 11 is 0. The maximum absolute atomic E-state index is 13.7. The van der Waals surface area contributed by atoms with Crippen molar-refractivity contribution in [3.63, 3.8) is 0 Å². The van der Waals surface area contributed by atoms with Crippen LogP contribution in [0.4, 0.5) is 4.39 Å². The second-order valence-electron chi connectivity index (χ2n) is 9.29. The Morgan fingerprint density at radius 2 is 1.66 bits per heavy atom. The lowest BCUT2D eigenvalue weighted by Crippen LogP contribution is -2.48. The summed E-state index contributed by atoms with van der Waals surface area (Å²) in [6.45, 7) is 3.71. The van der Waals surface area contributed by atoms with Gasteiger partial charge in [-0.2, -0.15) is 5.10 Å². The van der Waals surface area contributed by atoms with Crippen molar-refractivity contribution in [2.75, 3.05) is 40.1 Å². The van der Waals surface area contributed by atoms with Gasteiger partial charge in [-0.3, -0.25) is 9.69 Å².